The number of hydrogen-bond acceptors (Lipinski definition) is 3. The van der Waals surface area contributed by atoms with E-state index in [1.54, 1.807) is 15.9 Å². The smallest absolute Gasteiger partial charge is 0.245 e. The lowest BCUT2D eigenvalue weighted by molar-refractivity contribution is -0.143. The number of carbonyl (C=O) groups excluding carboxylic acids is 3. The molecule has 3 rings (SSSR count). The third-order valence-corrected chi connectivity index (χ3v) is 5.94. The zero-order chi connectivity index (χ0) is 20.1. The van der Waals surface area contributed by atoms with Gasteiger partial charge in [-0.3, -0.25) is 14.4 Å². The fourth-order valence-corrected chi connectivity index (χ4v) is 4.03. The van der Waals surface area contributed by atoms with Gasteiger partial charge in [0.1, 0.15) is 0 Å². The summed E-state index contributed by atoms with van der Waals surface area (Å²) in [5.74, 6) is 0.0659. The SMILES string of the molecule is C=CC(=O)N1CCC(C(=O)N2CCN(C(=O)Cc3ccccc3Cl)CC2)CC1. The van der Waals surface area contributed by atoms with Crippen molar-refractivity contribution in [1.82, 2.24) is 14.7 Å². The molecule has 2 aliphatic heterocycles. The average Bonchev–Trinajstić information content (AvgIpc) is 2.74. The van der Waals surface area contributed by atoms with Crippen LogP contribution in [0.5, 0.6) is 0 Å². The van der Waals surface area contributed by atoms with Crippen LogP contribution in [0.1, 0.15) is 18.4 Å². The number of benzene rings is 1. The van der Waals surface area contributed by atoms with E-state index >= 15 is 0 Å². The molecule has 0 saturated carbocycles. The van der Waals surface area contributed by atoms with Crippen molar-refractivity contribution in [3.05, 3.63) is 47.5 Å². The molecule has 150 valence electrons. The summed E-state index contributed by atoms with van der Waals surface area (Å²) in [7, 11) is 0. The molecule has 0 aliphatic carbocycles. The second-order valence-electron chi connectivity index (χ2n) is 7.28. The summed E-state index contributed by atoms with van der Waals surface area (Å²) in [5, 5.41) is 0.603. The second-order valence-corrected chi connectivity index (χ2v) is 7.69. The van der Waals surface area contributed by atoms with Crippen LogP contribution in [0.25, 0.3) is 0 Å². The molecule has 28 heavy (non-hydrogen) atoms. The van der Waals surface area contributed by atoms with Gasteiger partial charge in [0.05, 0.1) is 6.42 Å². The van der Waals surface area contributed by atoms with E-state index in [9.17, 15) is 14.4 Å². The predicted molar refractivity (Wildman–Crippen MR) is 108 cm³/mol. The first-order chi connectivity index (χ1) is 13.5. The molecule has 0 N–H and O–H groups in total. The maximum atomic E-state index is 12.8. The van der Waals surface area contributed by atoms with E-state index in [1.165, 1.54) is 6.08 Å². The molecule has 0 radical (unpaired) electrons. The minimum absolute atomic E-state index is 0.0384. The van der Waals surface area contributed by atoms with Crippen molar-refractivity contribution in [2.75, 3.05) is 39.3 Å². The van der Waals surface area contributed by atoms with Crippen LogP contribution in [0.4, 0.5) is 0 Å². The highest BCUT2D eigenvalue weighted by Gasteiger charge is 2.32. The predicted octanol–water partition coefficient (Wildman–Crippen LogP) is 1.98. The third-order valence-electron chi connectivity index (χ3n) is 5.57. The van der Waals surface area contributed by atoms with Crippen LogP contribution in [-0.2, 0) is 20.8 Å². The number of piperidine rings is 1. The van der Waals surface area contributed by atoms with Crippen LogP contribution in [0.3, 0.4) is 0 Å². The zero-order valence-corrected chi connectivity index (χ0v) is 16.7. The molecule has 0 bridgehead atoms. The van der Waals surface area contributed by atoms with Crippen LogP contribution in [0, 0.1) is 5.92 Å². The number of amides is 3. The van der Waals surface area contributed by atoms with Gasteiger partial charge in [0.25, 0.3) is 0 Å². The fraction of sp³-hybridized carbons (Fsp3) is 0.476. The van der Waals surface area contributed by atoms with E-state index in [1.807, 2.05) is 23.1 Å². The van der Waals surface area contributed by atoms with Gasteiger partial charge in [0.15, 0.2) is 0 Å². The number of hydrogen-bond donors (Lipinski definition) is 0. The minimum atomic E-state index is -0.0726. The number of likely N-dealkylation sites (tertiary alicyclic amines) is 1. The molecule has 6 nitrogen and oxygen atoms in total. The van der Waals surface area contributed by atoms with Crippen molar-refractivity contribution in [3.8, 4) is 0 Å². The van der Waals surface area contributed by atoms with E-state index in [0.29, 0.717) is 57.1 Å². The quantitative estimate of drug-likeness (QED) is 0.722. The molecular formula is C21H26ClN3O3. The first-order valence-corrected chi connectivity index (χ1v) is 10.1. The van der Waals surface area contributed by atoms with E-state index in [4.69, 9.17) is 11.6 Å². The molecule has 0 atom stereocenters. The Morgan fingerprint density at radius 1 is 0.964 bits per heavy atom. The van der Waals surface area contributed by atoms with E-state index in [-0.39, 0.29) is 30.1 Å². The van der Waals surface area contributed by atoms with Gasteiger partial charge in [0, 0.05) is 50.2 Å². The lowest BCUT2D eigenvalue weighted by Crippen LogP contribution is -2.53. The molecule has 1 aromatic rings. The lowest BCUT2D eigenvalue weighted by atomic mass is 9.95. The summed E-state index contributed by atoms with van der Waals surface area (Å²) in [6.45, 7) is 6.90. The summed E-state index contributed by atoms with van der Waals surface area (Å²) in [4.78, 5) is 42.4. The van der Waals surface area contributed by atoms with Gasteiger partial charge in [-0.1, -0.05) is 36.4 Å². The highest BCUT2D eigenvalue weighted by Crippen LogP contribution is 2.21. The van der Waals surface area contributed by atoms with Crippen molar-refractivity contribution in [1.29, 1.82) is 0 Å². The van der Waals surface area contributed by atoms with Gasteiger partial charge in [-0.15, -0.1) is 0 Å². The number of halogens is 1. The number of nitrogens with zero attached hydrogens (tertiary/aromatic N) is 3. The second kappa shape index (κ2) is 9.24. The van der Waals surface area contributed by atoms with E-state index in [0.717, 1.165) is 5.56 Å². The van der Waals surface area contributed by atoms with Gasteiger partial charge < -0.3 is 14.7 Å². The summed E-state index contributed by atoms with van der Waals surface area (Å²) in [5.41, 5.74) is 0.827. The Morgan fingerprint density at radius 2 is 1.57 bits per heavy atom. The standard InChI is InChI=1S/C21H26ClN3O3/c1-2-19(26)23-9-7-16(8-10-23)21(28)25-13-11-24(12-14-25)20(27)15-17-5-3-4-6-18(17)22/h2-6,16H,1,7-15H2. The monoisotopic (exact) mass is 403 g/mol. The van der Waals surface area contributed by atoms with Crippen molar-refractivity contribution in [3.63, 3.8) is 0 Å². The van der Waals surface area contributed by atoms with Crippen molar-refractivity contribution < 1.29 is 14.4 Å². The molecule has 1 aromatic carbocycles. The first kappa shape index (κ1) is 20.4. The summed E-state index contributed by atoms with van der Waals surface area (Å²) in [6, 6.07) is 7.37. The van der Waals surface area contributed by atoms with Gasteiger partial charge >= 0.3 is 0 Å². The number of rotatable bonds is 4. The molecule has 0 aromatic heterocycles. The van der Waals surface area contributed by atoms with Crippen molar-refractivity contribution in [2.45, 2.75) is 19.3 Å². The summed E-state index contributed by atoms with van der Waals surface area (Å²) in [6.07, 6.45) is 2.97. The lowest BCUT2D eigenvalue weighted by Gasteiger charge is -2.38. The van der Waals surface area contributed by atoms with Crippen LogP contribution in [0.15, 0.2) is 36.9 Å². The van der Waals surface area contributed by atoms with Gasteiger partial charge in [-0.05, 0) is 30.5 Å². The number of carbonyl (C=O) groups is 3. The molecule has 2 fully saturated rings. The van der Waals surface area contributed by atoms with Crippen LogP contribution in [-0.4, -0.2) is 71.7 Å². The molecule has 0 spiro atoms. The molecular weight excluding hydrogens is 378 g/mol. The van der Waals surface area contributed by atoms with Crippen LogP contribution >= 0.6 is 11.6 Å². The minimum Gasteiger partial charge on any atom is -0.339 e. The average molecular weight is 404 g/mol. The Kier molecular flexibility index (Phi) is 6.73. The zero-order valence-electron chi connectivity index (χ0n) is 16.0. The normalized spacial score (nSPS) is 18.1. The summed E-state index contributed by atoms with van der Waals surface area (Å²) < 4.78 is 0. The summed E-state index contributed by atoms with van der Waals surface area (Å²) >= 11 is 6.14. The Bertz CT molecular complexity index is 751. The maximum Gasteiger partial charge on any atom is 0.245 e. The van der Waals surface area contributed by atoms with Gasteiger partial charge in [-0.25, -0.2) is 0 Å². The highest BCUT2D eigenvalue weighted by atomic mass is 35.5. The molecule has 2 aliphatic rings. The Labute approximate surface area is 170 Å². The topological polar surface area (TPSA) is 60.9 Å². The highest BCUT2D eigenvalue weighted by molar-refractivity contribution is 6.31. The molecule has 0 unspecified atom stereocenters. The van der Waals surface area contributed by atoms with Crippen molar-refractivity contribution in [2.24, 2.45) is 5.92 Å². The Balaban J connectivity index is 1.46. The maximum absolute atomic E-state index is 12.8. The van der Waals surface area contributed by atoms with Crippen LogP contribution in [0.2, 0.25) is 5.02 Å². The molecule has 7 heteroatoms. The van der Waals surface area contributed by atoms with Gasteiger partial charge in [-0.2, -0.15) is 0 Å². The Morgan fingerprint density at radius 3 is 2.18 bits per heavy atom. The largest absolute Gasteiger partial charge is 0.339 e. The van der Waals surface area contributed by atoms with E-state index < -0.39 is 0 Å². The van der Waals surface area contributed by atoms with Crippen LogP contribution < -0.4 is 0 Å². The molecule has 3 amide bonds. The third kappa shape index (κ3) is 4.73. The van der Waals surface area contributed by atoms with Crippen molar-refractivity contribution >= 4 is 29.3 Å². The molecule has 2 heterocycles. The molecule has 2 saturated heterocycles. The van der Waals surface area contributed by atoms with Gasteiger partial charge in [0.2, 0.25) is 17.7 Å². The Hall–Kier alpha value is -2.34. The first-order valence-electron chi connectivity index (χ1n) is 9.71. The number of piperazine rings is 1. The fourth-order valence-electron chi connectivity index (χ4n) is 3.83. The van der Waals surface area contributed by atoms with E-state index in [2.05, 4.69) is 6.58 Å².